The van der Waals surface area contributed by atoms with Crippen LogP contribution in [0.4, 0.5) is 0 Å². The number of hydrogen-bond acceptors (Lipinski definition) is 6. The van der Waals surface area contributed by atoms with Crippen molar-refractivity contribution in [2.45, 2.75) is 0 Å². The zero-order chi connectivity index (χ0) is 27.2. The molecule has 6 nitrogen and oxygen atoms in total. The lowest BCUT2D eigenvalue weighted by Gasteiger charge is -2.12. The molecule has 1 aliphatic carbocycles. The molecule has 0 aliphatic heterocycles. The highest BCUT2D eigenvalue weighted by atomic mass is 14.7. The minimum absolute atomic E-state index is 0.428. The number of hydrogen-bond donors (Lipinski definition) is 0. The van der Waals surface area contributed by atoms with Gasteiger partial charge in [-0.3, -0.25) is 9.97 Å². The number of rotatable bonds is 2. The SMILES string of the molecule is N#CN=C1c2cc(C#N)c(-c3nccc4ccccc34)cc2-c2cc(-c3nccc4ccccc34)c(C#N)cc21. The van der Waals surface area contributed by atoms with Gasteiger partial charge in [0, 0.05) is 45.4 Å². The smallest absolute Gasteiger partial charge is 0.206 e. The lowest BCUT2D eigenvalue weighted by Crippen LogP contribution is -2.00. The van der Waals surface area contributed by atoms with Crippen LogP contribution in [0.25, 0.3) is 55.2 Å². The summed E-state index contributed by atoms with van der Waals surface area (Å²) in [6.07, 6.45) is 5.39. The van der Waals surface area contributed by atoms with E-state index in [-0.39, 0.29) is 0 Å². The van der Waals surface area contributed by atoms with Crippen LogP contribution in [-0.4, -0.2) is 15.7 Å². The molecule has 0 fully saturated rings. The molecular formula is C34H16N6. The summed E-state index contributed by atoms with van der Waals surface area (Å²) in [6.45, 7) is 0. The molecule has 0 spiro atoms. The third kappa shape index (κ3) is 3.37. The van der Waals surface area contributed by atoms with E-state index in [0.29, 0.717) is 50.5 Å². The molecule has 0 radical (unpaired) electrons. The van der Waals surface area contributed by atoms with Gasteiger partial charge in [0.1, 0.15) is 0 Å². The fourth-order valence-electron chi connectivity index (χ4n) is 5.60. The molecule has 0 saturated carbocycles. The summed E-state index contributed by atoms with van der Waals surface area (Å²) in [5.74, 6) is 0. The van der Waals surface area contributed by atoms with Crippen LogP contribution >= 0.6 is 0 Å². The largest absolute Gasteiger partial charge is 0.256 e. The summed E-state index contributed by atoms with van der Waals surface area (Å²) in [5.41, 5.74) is 7.06. The minimum atomic E-state index is 0.428. The summed E-state index contributed by atoms with van der Waals surface area (Å²) in [4.78, 5) is 13.5. The van der Waals surface area contributed by atoms with Crippen LogP contribution in [0.1, 0.15) is 22.3 Å². The maximum absolute atomic E-state index is 10.2. The molecule has 182 valence electrons. The molecule has 0 atom stereocenters. The summed E-state index contributed by atoms with van der Waals surface area (Å²) >= 11 is 0. The predicted octanol–water partition coefficient (Wildman–Crippen LogP) is 7.16. The maximum atomic E-state index is 10.2. The Bertz CT molecular complexity index is 2050. The van der Waals surface area contributed by atoms with Gasteiger partial charge in [-0.25, -0.2) is 0 Å². The van der Waals surface area contributed by atoms with Crippen LogP contribution in [0, 0.1) is 34.1 Å². The molecule has 0 N–H and O–H groups in total. The average molecular weight is 509 g/mol. The molecule has 2 aromatic heterocycles. The molecule has 6 aromatic rings. The zero-order valence-corrected chi connectivity index (χ0v) is 20.9. The fourth-order valence-corrected chi connectivity index (χ4v) is 5.60. The summed E-state index contributed by atoms with van der Waals surface area (Å²) in [7, 11) is 0. The topological polar surface area (TPSA) is 110 Å². The van der Waals surface area contributed by atoms with Gasteiger partial charge in [-0.1, -0.05) is 48.5 Å². The van der Waals surface area contributed by atoms with E-state index in [1.165, 1.54) is 0 Å². The number of benzene rings is 4. The highest BCUT2D eigenvalue weighted by Crippen LogP contribution is 2.44. The monoisotopic (exact) mass is 508 g/mol. The van der Waals surface area contributed by atoms with Gasteiger partial charge in [-0.05, 0) is 58.3 Å². The van der Waals surface area contributed by atoms with E-state index in [2.05, 4.69) is 27.1 Å². The molecule has 0 amide bonds. The Morgan fingerprint density at radius 2 is 1.00 bits per heavy atom. The second-order valence-electron chi connectivity index (χ2n) is 9.43. The summed E-state index contributed by atoms with van der Waals surface area (Å²) in [6, 6.07) is 31.8. The number of nitriles is 3. The first-order valence-electron chi connectivity index (χ1n) is 12.5. The first-order chi connectivity index (χ1) is 19.7. The minimum Gasteiger partial charge on any atom is -0.256 e. The van der Waals surface area contributed by atoms with E-state index in [0.717, 1.165) is 32.7 Å². The highest BCUT2D eigenvalue weighted by molar-refractivity contribution is 6.26. The normalized spacial score (nSPS) is 11.4. The Morgan fingerprint density at radius 1 is 0.525 bits per heavy atom. The van der Waals surface area contributed by atoms with Crippen molar-refractivity contribution < 1.29 is 0 Å². The number of aromatic nitrogens is 2. The molecular weight excluding hydrogens is 492 g/mol. The summed E-state index contributed by atoms with van der Waals surface area (Å²) < 4.78 is 0. The third-order valence-electron chi connectivity index (χ3n) is 7.38. The number of aliphatic imine (C=N–C) groups is 1. The lowest BCUT2D eigenvalue weighted by atomic mass is 9.92. The fraction of sp³-hybridized carbons (Fsp3) is 0. The van der Waals surface area contributed by atoms with E-state index in [1.807, 2.05) is 79.0 Å². The third-order valence-corrected chi connectivity index (χ3v) is 7.38. The molecule has 0 unspecified atom stereocenters. The maximum Gasteiger partial charge on any atom is 0.206 e. The molecule has 0 bridgehead atoms. The first-order valence-corrected chi connectivity index (χ1v) is 12.5. The van der Waals surface area contributed by atoms with E-state index in [1.54, 1.807) is 24.5 Å². The van der Waals surface area contributed by atoms with Gasteiger partial charge in [-0.2, -0.15) is 20.8 Å². The van der Waals surface area contributed by atoms with Crippen LogP contribution < -0.4 is 0 Å². The van der Waals surface area contributed by atoms with Crippen molar-refractivity contribution >= 4 is 27.3 Å². The molecule has 0 saturated heterocycles. The first kappa shape index (κ1) is 23.0. The van der Waals surface area contributed by atoms with E-state index >= 15 is 0 Å². The van der Waals surface area contributed by atoms with Crippen LogP contribution in [0.5, 0.6) is 0 Å². The molecule has 6 heteroatoms. The predicted molar refractivity (Wildman–Crippen MR) is 154 cm³/mol. The second-order valence-corrected chi connectivity index (χ2v) is 9.43. The molecule has 40 heavy (non-hydrogen) atoms. The van der Waals surface area contributed by atoms with Crippen molar-refractivity contribution in [3.63, 3.8) is 0 Å². The Kier molecular flexibility index (Phi) is 5.17. The number of nitrogens with zero attached hydrogens (tertiary/aromatic N) is 6. The van der Waals surface area contributed by atoms with Crippen molar-refractivity contribution in [3.8, 4) is 52.0 Å². The van der Waals surface area contributed by atoms with Crippen LogP contribution in [0.2, 0.25) is 0 Å². The Hall–Kier alpha value is -6.16. The van der Waals surface area contributed by atoms with Gasteiger partial charge in [0.25, 0.3) is 0 Å². The van der Waals surface area contributed by atoms with Gasteiger partial charge >= 0.3 is 0 Å². The summed E-state index contributed by atoms with van der Waals surface area (Å²) in [5, 5.41) is 33.8. The van der Waals surface area contributed by atoms with E-state index < -0.39 is 0 Å². The molecule has 4 aromatic carbocycles. The van der Waals surface area contributed by atoms with Gasteiger partial charge in [0.05, 0.1) is 40.4 Å². The second kappa shape index (κ2) is 8.99. The van der Waals surface area contributed by atoms with Crippen molar-refractivity contribution in [1.29, 1.82) is 15.8 Å². The van der Waals surface area contributed by atoms with Crippen LogP contribution in [0.15, 0.2) is 102 Å². The number of pyridine rings is 2. The molecule has 7 rings (SSSR count). The van der Waals surface area contributed by atoms with Gasteiger partial charge in [0.15, 0.2) is 0 Å². The quantitative estimate of drug-likeness (QED) is 0.230. The van der Waals surface area contributed by atoms with E-state index in [9.17, 15) is 15.8 Å². The van der Waals surface area contributed by atoms with Crippen molar-refractivity contribution in [2.24, 2.45) is 4.99 Å². The molecule has 2 heterocycles. The standard InChI is InChI=1S/C34H16N6/c35-17-22-13-30-28(15-26(22)32-24-7-3-1-5-20(24)9-11-38-32)29-16-27(23(18-36)14-31(29)34(30)40-19-37)33-25-8-4-2-6-21(25)10-12-39-33/h1-16H. The number of fused-ring (bicyclic) bond motifs is 5. The lowest BCUT2D eigenvalue weighted by molar-refractivity contribution is 1.34. The van der Waals surface area contributed by atoms with Crippen molar-refractivity contribution in [2.75, 3.05) is 0 Å². The zero-order valence-electron chi connectivity index (χ0n) is 20.9. The van der Waals surface area contributed by atoms with Gasteiger partial charge < -0.3 is 0 Å². The Morgan fingerprint density at radius 3 is 1.45 bits per heavy atom. The van der Waals surface area contributed by atoms with Gasteiger partial charge in [0.2, 0.25) is 6.19 Å². The average Bonchev–Trinajstić information content (AvgIpc) is 3.30. The highest BCUT2D eigenvalue weighted by Gasteiger charge is 2.30. The van der Waals surface area contributed by atoms with E-state index in [4.69, 9.17) is 0 Å². The van der Waals surface area contributed by atoms with Gasteiger partial charge in [-0.15, -0.1) is 0 Å². The molecule has 1 aliphatic rings. The van der Waals surface area contributed by atoms with Crippen LogP contribution in [0.3, 0.4) is 0 Å². The Balaban J connectivity index is 1.54. The van der Waals surface area contributed by atoms with Crippen molar-refractivity contribution in [3.05, 3.63) is 120 Å². The van der Waals surface area contributed by atoms with Crippen LogP contribution in [-0.2, 0) is 0 Å². The Labute approximate surface area is 229 Å². The van der Waals surface area contributed by atoms with Crippen molar-refractivity contribution in [1.82, 2.24) is 9.97 Å².